The third-order valence-corrected chi connectivity index (χ3v) is 4.91. The minimum Gasteiger partial charge on any atom is -0.288 e. The van der Waals surface area contributed by atoms with E-state index in [2.05, 4.69) is 4.98 Å². The zero-order valence-electron chi connectivity index (χ0n) is 15.5. The van der Waals surface area contributed by atoms with Crippen LogP contribution in [0.1, 0.15) is 15.9 Å². The van der Waals surface area contributed by atoms with Crippen LogP contribution in [0, 0.1) is 40.5 Å². The molecule has 0 aliphatic heterocycles. The van der Waals surface area contributed by atoms with Crippen LogP contribution < -0.4 is 0 Å². The van der Waals surface area contributed by atoms with Crippen molar-refractivity contribution in [3.05, 3.63) is 94.3 Å². The summed E-state index contributed by atoms with van der Waals surface area (Å²) in [6, 6.07) is 5.57. The summed E-state index contributed by atoms with van der Waals surface area (Å²) in [5, 5.41) is 46.7. The zero-order chi connectivity index (χ0) is 23.3. The fourth-order valence-electron chi connectivity index (χ4n) is 3.64. The van der Waals surface area contributed by atoms with Gasteiger partial charge in [-0.1, -0.05) is 0 Å². The second kappa shape index (κ2) is 6.98. The molecule has 0 spiro atoms. The predicted octanol–water partition coefficient (Wildman–Crippen LogP) is 3.59. The van der Waals surface area contributed by atoms with Gasteiger partial charge in [-0.05, 0) is 29.8 Å². The molecule has 1 heterocycles. The first kappa shape index (κ1) is 20.1. The molecule has 2 aromatic carbocycles. The third kappa shape index (κ3) is 2.74. The maximum Gasteiger partial charge on any atom is 0.298 e. The molecule has 0 fully saturated rings. The van der Waals surface area contributed by atoms with Gasteiger partial charge in [0.2, 0.25) is 5.78 Å². The Morgan fingerprint density at radius 1 is 0.625 bits per heavy atom. The van der Waals surface area contributed by atoms with Crippen molar-refractivity contribution in [2.24, 2.45) is 0 Å². The lowest BCUT2D eigenvalue weighted by molar-refractivity contribution is -0.396. The molecular weight excluding hydrogens is 430 g/mol. The number of ketones is 1. The summed E-state index contributed by atoms with van der Waals surface area (Å²) in [5.74, 6) is -0.984. The SMILES string of the molecule is O=C1c2cc(-c3c([N+](=O)[O-])ccc(-c4ccncc4)c3[N+](=O)[O-])c([N+](=O)[O-])c1c2[N+](=O)[O-]. The Labute approximate surface area is 175 Å². The largest absolute Gasteiger partial charge is 0.298 e. The first-order valence-corrected chi connectivity index (χ1v) is 8.56. The molecule has 158 valence electrons. The van der Waals surface area contributed by atoms with E-state index in [0.29, 0.717) is 0 Å². The number of hydrogen-bond acceptors (Lipinski definition) is 10. The van der Waals surface area contributed by atoms with Crippen molar-refractivity contribution in [1.29, 1.82) is 0 Å². The highest BCUT2D eigenvalue weighted by Crippen LogP contribution is 2.53. The van der Waals surface area contributed by atoms with Crippen LogP contribution in [0.25, 0.3) is 22.3 Å². The molecular formula is C18H7N5O9. The van der Waals surface area contributed by atoms with E-state index < -0.39 is 70.5 Å². The quantitative estimate of drug-likeness (QED) is 0.316. The molecule has 14 heteroatoms. The first-order chi connectivity index (χ1) is 15.1. The van der Waals surface area contributed by atoms with Gasteiger partial charge in [0.15, 0.2) is 5.56 Å². The Morgan fingerprint density at radius 2 is 1.16 bits per heavy atom. The minimum absolute atomic E-state index is 0.0966. The van der Waals surface area contributed by atoms with Crippen LogP contribution in [-0.2, 0) is 0 Å². The maximum atomic E-state index is 12.1. The normalized spacial score (nSPS) is 11.6. The molecule has 2 aliphatic carbocycles. The van der Waals surface area contributed by atoms with Gasteiger partial charge in [0, 0.05) is 18.5 Å². The summed E-state index contributed by atoms with van der Waals surface area (Å²) in [4.78, 5) is 58.6. The molecule has 0 amide bonds. The molecule has 1 aromatic heterocycles. The molecule has 0 saturated heterocycles. The Hall–Kier alpha value is -5.14. The number of carbonyl (C=O) groups is 1. The highest BCUT2D eigenvalue weighted by atomic mass is 16.6. The Balaban J connectivity index is 2.17. The number of carbonyl (C=O) groups excluding carboxylic acids is 1. The molecule has 0 saturated carbocycles. The van der Waals surface area contributed by atoms with Crippen molar-refractivity contribution in [2.75, 3.05) is 0 Å². The van der Waals surface area contributed by atoms with Gasteiger partial charge in [0.05, 0.1) is 30.8 Å². The van der Waals surface area contributed by atoms with E-state index >= 15 is 0 Å². The van der Waals surface area contributed by atoms with Crippen molar-refractivity contribution in [3.8, 4) is 22.3 Å². The molecule has 2 bridgehead atoms. The number of pyridine rings is 1. The van der Waals surface area contributed by atoms with Crippen molar-refractivity contribution in [2.45, 2.75) is 0 Å². The number of fused-ring (bicyclic) bond motifs is 2. The summed E-state index contributed by atoms with van der Waals surface area (Å²) < 4.78 is 0. The molecule has 32 heavy (non-hydrogen) atoms. The van der Waals surface area contributed by atoms with E-state index in [0.717, 1.165) is 18.2 Å². The van der Waals surface area contributed by atoms with Crippen LogP contribution in [0.2, 0.25) is 0 Å². The number of hydrogen-bond donors (Lipinski definition) is 0. The van der Waals surface area contributed by atoms with E-state index in [1.54, 1.807) is 0 Å². The van der Waals surface area contributed by atoms with Crippen molar-refractivity contribution in [1.82, 2.24) is 4.98 Å². The molecule has 0 radical (unpaired) electrons. The number of nitro groups is 4. The van der Waals surface area contributed by atoms with Gasteiger partial charge >= 0.3 is 0 Å². The van der Waals surface area contributed by atoms with Gasteiger partial charge in [0.1, 0.15) is 11.1 Å². The van der Waals surface area contributed by atoms with Crippen LogP contribution in [0.15, 0.2) is 42.7 Å². The smallest absolute Gasteiger partial charge is 0.288 e. The summed E-state index contributed by atoms with van der Waals surface area (Å²) in [6.07, 6.45) is 2.65. The monoisotopic (exact) mass is 437 g/mol. The van der Waals surface area contributed by atoms with Gasteiger partial charge in [-0.25, -0.2) is 0 Å². The summed E-state index contributed by atoms with van der Waals surface area (Å²) in [5.41, 5.74) is -6.15. The topological polar surface area (TPSA) is 203 Å². The van der Waals surface area contributed by atoms with Crippen LogP contribution in [-0.4, -0.2) is 30.5 Å². The Bertz CT molecular complexity index is 1400. The van der Waals surface area contributed by atoms with E-state index in [9.17, 15) is 45.3 Å². The van der Waals surface area contributed by atoms with E-state index in [1.165, 1.54) is 24.5 Å². The molecule has 3 aromatic rings. The minimum atomic E-state index is -1.12. The van der Waals surface area contributed by atoms with Crippen molar-refractivity contribution >= 4 is 28.5 Å². The molecule has 5 rings (SSSR count). The number of rotatable bonds is 6. The third-order valence-electron chi connectivity index (χ3n) is 4.91. The number of nitro benzene ring substituents is 4. The predicted molar refractivity (Wildman–Crippen MR) is 105 cm³/mol. The fourth-order valence-corrected chi connectivity index (χ4v) is 3.64. The van der Waals surface area contributed by atoms with Gasteiger partial charge in [-0.3, -0.25) is 50.2 Å². The summed E-state index contributed by atoms with van der Waals surface area (Å²) in [7, 11) is 0. The van der Waals surface area contributed by atoms with Crippen molar-refractivity contribution < 1.29 is 24.5 Å². The summed E-state index contributed by atoms with van der Waals surface area (Å²) >= 11 is 0. The average molecular weight is 437 g/mol. The summed E-state index contributed by atoms with van der Waals surface area (Å²) in [6.45, 7) is 0. The van der Waals surface area contributed by atoms with E-state index in [4.69, 9.17) is 0 Å². The zero-order valence-corrected chi connectivity index (χ0v) is 15.5. The van der Waals surface area contributed by atoms with Gasteiger partial charge in [-0.2, -0.15) is 0 Å². The lowest BCUT2D eigenvalue weighted by Gasteiger charge is -2.18. The van der Waals surface area contributed by atoms with Crippen LogP contribution >= 0.6 is 0 Å². The van der Waals surface area contributed by atoms with Crippen LogP contribution in [0.4, 0.5) is 22.7 Å². The van der Waals surface area contributed by atoms with Gasteiger partial charge < -0.3 is 0 Å². The Morgan fingerprint density at radius 3 is 1.69 bits per heavy atom. The molecule has 14 nitrogen and oxygen atoms in total. The standard InChI is InChI=1S/C18H7N5O9/c24-18-11-7-10(16(22(29)30)14(18)17(11)23(31)32)13-12(20(25)26)2-1-9(15(13)21(27)28)8-3-5-19-6-4-8/h1-7H. The number of benzene rings is 2. The second-order valence-electron chi connectivity index (χ2n) is 6.49. The highest BCUT2D eigenvalue weighted by molar-refractivity contribution is 6.28. The lowest BCUT2D eigenvalue weighted by Crippen LogP contribution is -2.22. The molecule has 2 aliphatic rings. The number of aromatic nitrogens is 1. The lowest BCUT2D eigenvalue weighted by atomic mass is 9.80. The molecule has 0 atom stereocenters. The van der Waals surface area contributed by atoms with E-state index in [1.807, 2.05) is 0 Å². The first-order valence-electron chi connectivity index (χ1n) is 8.56. The Kier molecular flexibility index (Phi) is 4.39. The maximum absolute atomic E-state index is 12.1. The average Bonchev–Trinajstić information content (AvgIpc) is 2.76. The fraction of sp³-hybridized carbons (Fsp3) is 0. The molecule has 0 unspecified atom stereocenters. The van der Waals surface area contributed by atoms with Gasteiger partial charge in [-0.15, -0.1) is 0 Å². The van der Waals surface area contributed by atoms with E-state index in [-0.39, 0.29) is 11.1 Å². The number of nitrogens with zero attached hydrogens (tertiary/aromatic N) is 5. The van der Waals surface area contributed by atoms with Crippen LogP contribution in [0.5, 0.6) is 0 Å². The molecule has 0 N–H and O–H groups in total. The van der Waals surface area contributed by atoms with Crippen LogP contribution in [0.3, 0.4) is 0 Å². The second-order valence-corrected chi connectivity index (χ2v) is 6.49. The highest BCUT2D eigenvalue weighted by Gasteiger charge is 2.50. The van der Waals surface area contributed by atoms with Gasteiger partial charge in [0.25, 0.3) is 22.7 Å². The van der Waals surface area contributed by atoms with Crippen molar-refractivity contribution in [3.63, 3.8) is 0 Å².